The average molecular weight is 300 g/mol. The lowest BCUT2D eigenvalue weighted by atomic mass is 9.86. The predicted octanol–water partition coefficient (Wildman–Crippen LogP) is 2.23. The van der Waals surface area contributed by atoms with E-state index in [1.165, 1.54) is 0 Å². The molecule has 2 amide bonds. The van der Waals surface area contributed by atoms with Crippen molar-refractivity contribution in [3.63, 3.8) is 0 Å². The van der Waals surface area contributed by atoms with Crippen LogP contribution >= 0.6 is 0 Å². The predicted molar refractivity (Wildman–Crippen MR) is 80.3 cm³/mol. The van der Waals surface area contributed by atoms with Crippen LogP contribution in [0.5, 0.6) is 0 Å². The Kier molecular flexibility index (Phi) is 6.95. The number of carboxylic acid groups (broad SMARTS) is 1. The van der Waals surface area contributed by atoms with Crippen molar-refractivity contribution in [2.45, 2.75) is 64.0 Å². The number of nitrogens with one attached hydrogen (secondary N) is 1. The van der Waals surface area contributed by atoms with Crippen LogP contribution in [0.4, 0.5) is 4.79 Å². The minimum atomic E-state index is -0.830. The number of carboxylic acids is 1. The molecule has 1 heterocycles. The van der Waals surface area contributed by atoms with Gasteiger partial charge in [0, 0.05) is 32.7 Å². The number of urea groups is 1. The van der Waals surface area contributed by atoms with E-state index >= 15 is 0 Å². The zero-order valence-corrected chi connectivity index (χ0v) is 13.4. The lowest BCUT2D eigenvalue weighted by Crippen LogP contribution is -2.51. The summed E-state index contributed by atoms with van der Waals surface area (Å²) < 4.78 is 5.90. The van der Waals surface area contributed by atoms with Crippen LogP contribution in [0, 0.1) is 0 Å². The van der Waals surface area contributed by atoms with Crippen LogP contribution in [0.3, 0.4) is 0 Å². The first-order valence-electron chi connectivity index (χ1n) is 7.80. The molecule has 0 spiro atoms. The summed E-state index contributed by atoms with van der Waals surface area (Å²) in [4.78, 5) is 24.1. The Morgan fingerprint density at radius 2 is 2.05 bits per heavy atom. The van der Waals surface area contributed by atoms with Crippen molar-refractivity contribution in [1.82, 2.24) is 10.2 Å². The van der Waals surface area contributed by atoms with Gasteiger partial charge in [-0.25, -0.2) is 4.79 Å². The van der Waals surface area contributed by atoms with Crippen LogP contribution in [-0.2, 0) is 9.53 Å². The highest BCUT2D eigenvalue weighted by Crippen LogP contribution is 2.31. The lowest BCUT2D eigenvalue weighted by Gasteiger charge is -2.40. The zero-order valence-electron chi connectivity index (χ0n) is 13.4. The highest BCUT2D eigenvalue weighted by molar-refractivity contribution is 5.74. The number of hydrogen-bond acceptors (Lipinski definition) is 3. The molecule has 1 saturated heterocycles. The maximum atomic E-state index is 12.1. The molecule has 1 atom stereocenters. The second kappa shape index (κ2) is 8.22. The molecule has 6 nitrogen and oxygen atoms in total. The summed E-state index contributed by atoms with van der Waals surface area (Å²) in [5, 5.41) is 11.6. The van der Waals surface area contributed by atoms with Crippen LogP contribution in [0.15, 0.2) is 0 Å². The Hall–Kier alpha value is -1.30. The Labute approximate surface area is 126 Å². The van der Waals surface area contributed by atoms with Gasteiger partial charge in [-0.3, -0.25) is 4.79 Å². The van der Waals surface area contributed by atoms with E-state index in [2.05, 4.69) is 19.2 Å². The molecule has 0 aromatic heterocycles. The summed E-state index contributed by atoms with van der Waals surface area (Å²) in [6, 6.07) is 0.00136. The first kappa shape index (κ1) is 17.8. The zero-order chi connectivity index (χ0) is 15.9. The number of rotatable bonds is 7. The minimum Gasteiger partial charge on any atom is -0.481 e. The fraction of sp³-hybridized carbons (Fsp3) is 0.867. The number of aliphatic carboxylic acids is 1. The van der Waals surface area contributed by atoms with E-state index in [1.807, 2.05) is 0 Å². The maximum absolute atomic E-state index is 12.1. The molecule has 0 aliphatic carbocycles. The number of hydrogen-bond donors (Lipinski definition) is 2. The number of amides is 2. The molecule has 2 N–H and O–H groups in total. The Morgan fingerprint density at radius 3 is 2.62 bits per heavy atom. The van der Waals surface area contributed by atoms with E-state index in [4.69, 9.17) is 9.84 Å². The molecule has 1 aliphatic heterocycles. The number of nitrogens with zero attached hydrogens (tertiary/aromatic N) is 1. The Bertz CT molecular complexity index is 356. The summed E-state index contributed by atoms with van der Waals surface area (Å²) >= 11 is 0. The van der Waals surface area contributed by atoms with E-state index in [0.29, 0.717) is 19.6 Å². The van der Waals surface area contributed by atoms with Gasteiger partial charge in [-0.05, 0) is 32.1 Å². The summed E-state index contributed by atoms with van der Waals surface area (Å²) in [5.41, 5.74) is -0.113. The minimum absolute atomic E-state index is 0.0870. The second-order valence-corrected chi connectivity index (χ2v) is 5.80. The molecule has 1 fully saturated rings. The van der Waals surface area contributed by atoms with E-state index in [-0.39, 0.29) is 24.1 Å². The molecule has 21 heavy (non-hydrogen) atoms. The molecule has 1 unspecified atom stereocenters. The van der Waals surface area contributed by atoms with Crippen molar-refractivity contribution in [3.8, 4) is 0 Å². The third kappa shape index (κ3) is 5.53. The molecule has 6 heteroatoms. The molecule has 0 radical (unpaired) electrons. The molecular formula is C15H28N2O4. The van der Waals surface area contributed by atoms with Crippen molar-refractivity contribution < 1.29 is 19.4 Å². The molecule has 0 aromatic carbocycles. The van der Waals surface area contributed by atoms with E-state index < -0.39 is 5.97 Å². The van der Waals surface area contributed by atoms with Gasteiger partial charge in [0.25, 0.3) is 0 Å². The van der Waals surface area contributed by atoms with Gasteiger partial charge in [0.05, 0.1) is 5.60 Å². The quantitative estimate of drug-likeness (QED) is 0.755. The van der Waals surface area contributed by atoms with Gasteiger partial charge in [0.15, 0.2) is 0 Å². The molecule has 122 valence electrons. The van der Waals surface area contributed by atoms with Crippen LogP contribution in [0.25, 0.3) is 0 Å². The third-order valence-corrected chi connectivity index (χ3v) is 4.34. The van der Waals surface area contributed by atoms with Crippen molar-refractivity contribution >= 4 is 12.0 Å². The SMILES string of the molecule is CCC1(CC)CC(NC(=O)N(C)CCCC(=O)O)CCO1. The van der Waals surface area contributed by atoms with Gasteiger partial charge in [0.2, 0.25) is 0 Å². The van der Waals surface area contributed by atoms with Crippen molar-refractivity contribution in [3.05, 3.63) is 0 Å². The highest BCUT2D eigenvalue weighted by atomic mass is 16.5. The maximum Gasteiger partial charge on any atom is 0.317 e. The Balaban J connectivity index is 2.41. The normalized spacial score (nSPS) is 20.8. The summed E-state index contributed by atoms with van der Waals surface area (Å²) in [6.45, 7) is 5.36. The number of carbonyl (C=O) groups is 2. The summed E-state index contributed by atoms with van der Waals surface area (Å²) in [6.07, 6.45) is 4.13. The van der Waals surface area contributed by atoms with Crippen LogP contribution in [0.2, 0.25) is 0 Å². The molecule has 1 rings (SSSR count). The van der Waals surface area contributed by atoms with Crippen molar-refractivity contribution in [2.75, 3.05) is 20.2 Å². The average Bonchev–Trinajstić information content (AvgIpc) is 2.46. The van der Waals surface area contributed by atoms with Gasteiger partial charge in [-0.2, -0.15) is 0 Å². The second-order valence-electron chi connectivity index (χ2n) is 5.80. The van der Waals surface area contributed by atoms with E-state index in [1.54, 1.807) is 11.9 Å². The van der Waals surface area contributed by atoms with Crippen LogP contribution < -0.4 is 5.32 Å². The monoisotopic (exact) mass is 300 g/mol. The van der Waals surface area contributed by atoms with Crippen LogP contribution in [-0.4, -0.2) is 53.8 Å². The molecule has 0 aromatic rings. The summed E-state index contributed by atoms with van der Waals surface area (Å²) in [7, 11) is 1.70. The van der Waals surface area contributed by atoms with Crippen molar-refractivity contribution in [2.24, 2.45) is 0 Å². The van der Waals surface area contributed by atoms with Gasteiger partial charge in [-0.1, -0.05) is 13.8 Å². The van der Waals surface area contributed by atoms with Gasteiger partial charge < -0.3 is 20.1 Å². The number of ether oxygens (including phenoxy) is 1. The third-order valence-electron chi connectivity index (χ3n) is 4.34. The fourth-order valence-corrected chi connectivity index (χ4v) is 2.75. The first-order valence-corrected chi connectivity index (χ1v) is 7.80. The molecule has 1 aliphatic rings. The lowest BCUT2D eigenvalue weighted by molar-refractivity contribution is -0.137. The standard InChI is InChI=1S/C15H28N2O4/c1-4-15(5-2)11-12(8-10-21-15)16-14(20)17(3)9-6-7-13(18)19/h12H,4-11H2,1-3H3,(H,16,20)(H,18,19). The molecular weight excluding hydrogens is 272 g/mol. The fourth-order valence-electron chi connectivity index (χ4n) is 2.75. The Morgan fingerprint density at radius 1 is 1.38 bits per heavy atom. The van der Waals surface area contributed by atoms with E-state index in [9.17, 15) is 9.59 Å². The molecule has 0 saturated carbocycles. The summed E-state index contributed by atoms with van der Waals surface area (Å²) in [5.74, 6) is -0.830. The van der Waals surface area contributed by atoms with Crippen molar-refractivity contribution in [1.29, 1.82) is 0 Å². The van der Waals surface area contributed by atoms with Gasteiger partial charge >= 0.3 is 12.0 Å². The van der Waals surface area contributed by atoms with Gasteiger partial charge in [-0.15, -0.1) is 0 Å². The van der Waals surface area contributed by atoms with Gasteiger partial charge in [0.1, 0.15) is 0 Å². The van der Waals surface area contributed by atoms with E-state index in [0.717, 1.165) is 25.7 Å². The molecule has 0 bridgehead atoms. The largest absolute Gasteiger partial charge is 0.481 e. The van der Waals surface area contributed by atoms with Crippen LogP contribution in [0.1, 0.15) is 52.4 Å². The topological polar surface area (TPSA) is 78.9 Å². The smallest absolute Gasteiger partial charge is 0.317 e. The first-order chi connectivity index (χ1) is 9.92. The highest BCUT2D eigenvalue weighted by Gasteiger charge is 2.35. The number of carbonyl (C=O) groups excluding carboxylic acids is 1.